The second-order valence-electron chi connectivity index (χ2n) is 9.79. The topological polar surface area (TPSA) is 35.5 Å². The molecule has 2 aliphatic rings. The number of hydrogen-bond acceptors (Lipinski definition) is 3. The van der Waals surface area contributed by atoms with E-state index in [0.717, 1.165) is 43.6 Å². The highest BCUT2D eigenvalue weighted by molar-refractivity contribution is 6.49. The Labute approximate surface area is 172 Å². The summed E-state index contributed by atoms with van der Waals surface area (Å²) in [5, 5.41) is 0. The molecule has 1 heterocycles. The minimum atomic E-state index is -0.893. The molecule has 3 rings (SSSR count). The number of unbranched alkanes of at least 4 members (excludes halogenated alkanes) is 2. The fourth-order valence-corrected chi connectivity index (χ4v) is 5.56. The molecule has 1 aromatic carbocycles. The van der Waals surface area contributed by atoms with Gasteiger partial charge in [-0.3, -0.25) is 4.79 Å². The lowest BCUT2D eigenvalue weighted by Crippen LogP contribution is -2.36. The molecule has 0 bridgehead atoms. The van der Waals surface area contributed by atoms with Crippen molar-refractivity contribution in [3.8, 4) is 11.5 Å². The molecule has 3 nitrogen and oxygen atoms in total. The first-order chi connectivity index (χ1) is 13.2. The van der Waals surface area contributed by atoms with E-state index in [9.17, 15) is 4.79 Å². The van der Waals surface area contributed by atoms with Crippen LogP contribution in [-0.2, 0) is 16.6 Å². The molecular formula is C24H37O3Si. The average Bonchev–Trinajstić information content (AvgIpc) is 2.61. The average molecular weight is 402 g/mol. The Morgan fingerprint density at radius 1 is 1.14 bits per heavy atom. The summed E-state index contributed by atoms with van der Waals surface area (Å²) in [6.45, 7) is 13.5. The molecular weight excluding hydrogens is 364 g/mol. The first-order valence-electron chi connectivity index (χ1n) is 11.1. The number of aryl methyl sites for hydroxylation is 1. The van der Waals surface area contributed by atoms with Gasteiger partial charge in [0.25, 0.3) is 9.04 Å². The van der Waals surface area contributed by atoms with Gasteiger partial charge >= 0.3 is 5.97 Å². The van der Waals surface area contributed by atoms with Crippen molar-refractivity contribution in [2.24, 2.45) is 5.92 Å². The predicted octanol–water partition coefficient (Wildman–Crippen LogP) is 6.54. The summed E-state index contributed by atoms with van der Waals surface area (Å²) < 4.78 is 12.5. The van der Waals surface area contributed by atoms with E-state index in [1.165, 1.54) is 36.0 Å². The van der Waals surface area contributed by atoms with Gasteiger partial charge in [0.1, 0.15) is 11.5 Å². The molecule has 0 N–H and O–H groups in total. The number of benzene rings is 1. The first-order valence-corrected chi connectivity index (χ1v) is 13.5. The molecule has 155 valence electrons. The molecule has 0 aromatic heterocycles. The van der Waals surface area contributed by atoms with Gasteiger partial charge in [0, 0.05) is 17.0 Å². The SMILES string of the molecule is CCCCCc1cc2c(c(C(C)(C)C)c1O[Si](C)C)[C@H]1CCCC[C@H]1C(=O)O2. The van der Waals surface area contributed by atoms with Crippen LogP contribution in [0.5, 0.6) is 11.5 Å². The van der Waals surface area contributed by atoms with Gasteiger partial charge in [-0.2, -0.15) is 0 Å². The van der Waals surface area contributed by atoms with Gasteiger partial charge in [-0.1, -0.05) is 53.4 Å². The zero-order valence-electron chi connectivity index (χ0n) is 18.6. The highest BCUT2D eigenvalue weighted by Crippen LogP contribution is 2.53. The smallest absolute Gasteiger partial charge is 0.314 e. The maximum atomic E-state index is 12.7. The molecule has 28 heavy (non-hydrogen) atoms. The fraction of sp³-hybridized carbons (Fsp3) is 0.708. The highest BCUT2D eigenvalue weighted by atomic mass is 28.3. The van der Waals surface area contributed by atoms with Crippen LogP contribution >= 0.6 is 0 Å². The molecule has 0 amide bonds. The normalized spacial score (nSPS) is 21.9. The maximum absolute atomic E-state index is 12.7. The quantitative estimate of drug-likeness (QED) is 0.235. The van der Waals surface area contributed by atoms with Gasteiger partial charge in [-0.05, 0) is 55.8 Å². The van der Waals surface area contributed by atoms with Gasteiger partial charge < -0.3 is 9.16 Å². The van der Waals surface area contributed by atoms with Crippen LogP contribution in [0.1, 0.15) is 95.2 Å². The summed E-state index contributed by atoms with van der Waals surface area (Å²) in [6.07, 6.45) is 8.90. The third kappa shape index (κ3) is 4.32. The van der Waals surface area contributed by atoms with Crippen LogP contribution in [0.15, 0.2) is 6.07 Å². The molecule has 4 heteroatoms. The van der Waals surface area contributed by atoms with E-state index in [2.05, 4.69) is 46.9 Å². The third-order valence-corrected chi connectivity index (χ3v) is 6.73. The van der Waals surface area contributed by atoms with Crippen LogP contribution in [0.3, 0.4) is 0 Å². The van der Waals surface area contributed by atoms with Gasteiger partial charge in [0.15, 0.2) is 0 Å². The zero-order valence-corrected chi connectivity index (χ0v) is 19.6. The predicted molar refractivity (Wildman–Crippen MR) is 117 cm³/mol. The first kappa shape index (κ1) is 21.4. The van der Waals surface area contributed by atoms with E-state index < -0.39 is 9.04 Å². The molecule has 1 aromatic rings. The fourth-order valence-electron chi connectivity index (χ4n) is 4.92. The Morgan fingerprint density at radius 3 is 2.43 bits per heavy atom. The van der Waals surface area contributed by atoms with Crippen molar-refractivity contribution in [1.29, 1.82) is 0 Å². The minimum absolute atomic E-state index is 0.0130. The molecule has 0 spiro atoms. The van der Waals surface area contributed by atoms with Crippen LogP contribution < -0.4 is 9.16 Å². The number of ether oxygens (including phenoxy) is 1. The molecule has 0 saturated heterocycles. The van der Waals surface area contributed by atoms with E-state index in [1.807, 2.05) is 0 Å². The summed E-state index contributed by atoms with van der Waals surface area (Å²) in [6, 6.07) is 2.14. The van der Waals surface area contributed by atoms with Gasteiger partial charge in [-0.25, -0.2) is 0 Å². The number of fused-ring (bicyclic) bond motifs is 3. The third-order valence-electron chi connectivity index (χ3n) is 6.11. The largest absolute Gasteiger partial charge is 0.542 e. The Balaban J connectivity index is 2.20. The van der Waals surface area contributed by atoms with Crippen molar-refractivity contribution in [3.63, 3.8) is 0 Å². The van der Waals surface area contributed by atoms with Gasteiger partial charge in [-0.15, -0.1) is 0 Å². The Morgan fingerprint density at radius 2 is 1.82 bits per heavy atom. The van der Waals surface area contributed by atoms with E-state index in [4.69, 9.17) is 9.16 Å². The monoisotopic (exact) mass is 401 g/mol. The number of carbonyl (C=O) groups excluding carboxylic acids is 1. The van der Waals surface area contributed by atoms with Crippen molar-refractivity contribution in [2.75, 3.05) is 0 Å². The van der Waals surface area contributed by atoms with Crippen molar-refractivity contribution in [2.45, 2.75) is 103 Å². The number of carbonyl (C=O) groups is 1. The second-order valence-corrected chi connectivity index (χ2v) is 11.8. The van der Waals surface area contributed by atoms with E-state index >= 15 is 0 Å². The Bertz CT molecular complexity index is 718. The van der Waals surface area contributed by atoms with Gasteiger partial charge in [0.05, 0.1) is 5.92 Å². The summed E-state index contributed by atoms with van der Waals surface area (Å²) >= 11 is 0. The zero-order chi connectivity index (χ0) is 20.5. The van der Waals surface area contributed by atoms with E-state index in [0.29, 0.717) is 0 Å². The Hall–Kier alpha value is -1.29. The molecule has 0 unspecified atom stereocenters. The lowest BCUT2D eigenvalue weighted by atomic mass is 9.68. The summed E-state index contributed by atoms with van der Waals surface area (Å²) in [7, 11) is -0.893. The Kier molecular flexibility index (Phi) is 6.58. The molecule has 1 saturated carbocycles. The van der Waals surface area contributed by atoms with Crippen LogP contribution in [0.4, 0.5) is 0 Å². The second kappa shape index (κ2) is 8.60. The van der Waals surface area contributed by atoms with Crippen LogP contribution in [0, 0.1) is 5.92 Å². The van der Waals surface area contributed by atoms with Crippen molar-refractivity contribution in [3.05, 3.63) is 22.8 Å². The molecule has 1 fully saturated rings. The van der Waals surface area contributed by atoms with Crippen molar-refractivity contribution in [1.82, 2.24) is 0 Å². The van der Waals surface area contributed by atoms with Crippen LogP contribution in [0.25, 0.3) is 0 Å². The number of rotatable bonds is 6. The minimum Gasteiger partial charge on any atom is -0.542 e. The van der Waals surface area contributed by atoms with Crippen LogP contribution in [-0.4, -0.2) is 15.0 Å². The van der Waals surface area contributed by atoms with Gasteiger partial charge in [0.2, 0.25) is 0 Å². The van der Waals surface area contributed by atoms with Crippen molar-refractivity contribution >= 4 is 15.0 Å². The summed E-state index contributed by atoms with van der Waals surface area (Å²) in [5.41, 5.74) is 3.75. The van der Waals surface area contributed by atoms with E-state index in [-0.39, 0.29) is 23.2 Å². The summed E-state index contributed by atoms with van der Waals surface area (Å²) in [4.78, 5) is 12.7. The van der Waals surface area contributed by atoms with E-state index in [1.54, 1.807) is 0 Å². The molecule has 1 aliphatic carbocycles. The lowest BCUT2D eigenvalue weighted by molar-refractivity contribution is -0.142. The molecule has 1 radical (unpaired) electrons. The standard InChI is InChI=1S/C24H37O3Si/c1-7-8-9-12-16-15-19-20(17-13-10-11-14-18(17)23(25)26-19)21(24(2,3)4)22(16)27-28(5)6/h15,17-18H,7-14H2,1-6H3/t17-,18+/m0/s1. The molecule has 2 atom stereocenters. The van der Waals surface area contributed by atoms with Crippen LogP contribution in [0.2, 0.25) is 13.1 Å². The summed E-state index contributed by atoms with van der Waals surface area (Å²) in [5.74, 6) is 2.22. The molecule has 1 aliphatic heterocycles. The van der Waals surface area contributed by atoms with Crippen molar-refractivity contribution < 1.29 is 14.0 Å². The lowest BCUT2D eigenvalue weighted by Gasteiger charge is -2.40. The number of esters is 1. The number of hydrogen-bond donors (Lipinski definition) is 0. The highest BCUT2D eigenvalue weighted by Gasteiger charge is 2.43. The maximum Gasteiger partial charge on any atom is 0.314 e.